The summed E-state index contributed by atoms with van der Waals surface area (Å²) >= 11 is 1.74. The number of aromatic amines is 1. The summed E-state index contributed by atoms with van der Waals surface area (Å²) in [6.45, 7) is 2.07. The fraction of sp³-hybridized carbons (Fsp3) is 0.143. The lowest BCUT2D eigenvalue weighted by Gasteiger charge is -1.74. The van der Waals surface area contributed by atoms with Crippen molar-refractivity contribution >= 4 is 22.2 Å². The first-order chi connectivity index (χ1) is 4.36. The highest BCUT2D eigenvalue weighted by molar-refractivity contribution is 7.09. The first-order valence-corrected chi connectivity index (χ1v) is 3.82. The summed E-state index contributed by atoms with van der Waals surface area (Å²) in [5.74, 6) is 0. The Morgan fingerprint density at radius 3 is 3.11 bits per heavy atom. The average Bonchev–Trinajstić information content (AvgIpc) is 2.22. The van der Waals surface area contributed by atoms with Crippen molar-refractivity contribution in [1.29, 1.82) is 0 Å². The van der Waals surface area contributed by atoms with E-state index in [9.17, 15) is 0 Å². The number of hydrogen-bond acceptors (Lipinski definition) is 1. The highest BCUT2D eigenvalue weighted by Gasteiger charge is 1.94. The van der Waals surface area contributed by atoms with Gasteiger partial charge in [0.2, 0.25) is 0 Å². The molecule has 0 spiro atoms. The van der Waals surface area contributed by atoms with E-state index in [0.29, 0.717) is 0 Å². The number of thiophene rings is 1. The van der Waals surface area contributed by atoms with Crippen molar-refractivity contribution in [3.8, 4) is 0 Å². The topological polar surface area (TPSA) is 15.8 Å². The third-order valence-corrected chi connectivity index (χ3v) is 2.16. The summed E-state index contributed by atoms with van der Waals surface area (Å²) in [7, 11) is 0. The molecular weight excluding hydrogens is 130 g/mol. The van der Waals surface area contributed by atoms with Crippen LogP contribution in [0.15, 0.2) is 16.8 Å². The zero-order chi connectivity index (χ0) is 6.27. The standard InChI is InChI=1S/C7H7NS/c1-5-2-6-3-9-4-7(6)8-5/h2-4,8H,1H3. The van der Waals surface area contributed by atoms with Crippen molar-refractivity contribution in [2.75, 3.05) is 0 Å². The molecule has 2 rings (SSSR count). The molecule has 0 radical (unpaired) electrons. The van der Waals surface area contributed by atoms with Gasteiger partial charge in [0.05, 0.1) is 5.52 Å². The number of hydrogen-bond donors (Lipinski definition) is 1. The normalized spacial score (nSPS) is 10.8. The molecule has 0 amide bonds. The van der Waals surface area contributed by atoms with Crippen molar-refractivity contribution in [3.05, 3.63) is 22.5 Å². The molecule has 46 valence electrons. The summed E-state index contributed by atoms with van der Waals surface area (Å²) in [6.07, 6.45) is 0. The fourth-order valence-corrected chi connectivity index (χ4v) is 1.74. The summed E-state index contributed by atoms with van der Waals surface area (Å²) in [4.78, 5) is 3.25. The van der Waals surface area contributed by atoms with Crippen LogP contribution in [0.4, 0.5) is 0 Å². The quantitative estimate of drug-likeness (QED) is 0.574. The molecule has 0 aliphatic carbocycles. The minimum Gasteiger partial charge on any atom is -0.358 e. The number of aromatic nitrogens is 1. The van der Waals surface area contributed by atoms with E-state index in [4.69, 9.17) is 0 Å². The third-order valence-electron chi connectivity index (χ3n) is 1.40. The van der Waals surface area contributed by atoms with Crippen molar-refractivity contribution in [3.63, 3.8) is 0 Å². The maximum Gasteiger partial charge on any atom is 0.0564 e. The van der Waals surface area contributed by atoms with E-state index < -0.39 is 0 Å². The van der Waals surface area contributed by atoms with E-state index >= 15 is 0 Å². The van der Waals surface area contributed by atoms with Gasteiger partial charge in [0, 0.05) is 21.8 Å². The molecular formula is C7H7NS. The largest absolute Gasteiger partial charge is 0.358 e. The molecule has 0 saturated heterocycles. The molecule has 0 aliphatic rings. The Bertz CT molecular complexity index is 290. The second kappa shape index (κ2) is 1.61. The monoisotopic (exact) mass is 137 g/mol. The van der Waals surface area contributed by atoms with E-state index in [-0.39, 0.29) is 0 Å². The van der Waals surface area contributed by atoms with Crippen LogP contribution < -0.4 is 0 Å². The number of fused-ring (bicyclic) bond motifs is 1. The average molecular weight is 137 g/mol. The van der Waals surface area contributed by atoms with Gasteiger partial charge in [0.1, 0.15) is 0 Å². The first kappa shape index (κ1) is 5.06. The van der Waals surface area contributed by atoms with Crippen LogP contribution in [0.25, 0.3) is 10.9 Å². The van der Waals surface area contributed by atoms with Gasteiger partial charge in [-0.2, -0.15) is 0 Å². The Labute approximate surface area is 57.3 Å². The molecule has 9 heavy (non-hydrogen) atoms. The number of rotatable bonds is 0. The van der Waals surface area contributed by atoms with E-state index in [1.54, 1.807) is 11.3 Å². The van der Waals surface area contributed by atoms with Crippen molar-refractivity contribution < 1.29 is 0 Å². The van der Waals surface area contributed by atoms with Gasteiger partial charge in [-0.05, 0) is 13.0 Å². The zero-order valence-corrected chi connectivity index (χ0v) is 5.96. The van der Waals surface area contributed by atoms with Gasteiger partial charge in [-0.1, -0.05) is 0 Å². The lowest BCUT2D eigenvalue weighted by Crippen LogP contribution is -1.62. The summed E-state index contributed by atoms with van der Waals surface area (Å²) in [6, 6.07) is 2.16. The number of aryl methyl sites for hydroxylation is 1. The summed E-state index contributed by atoms with van der Waals surface area (Å²) in [5.41, 5.74) is 2.50. The highest BCUT2D eigenvalue weighted by atomic mass is 32.1. The van der Waals surface area contributed by atoms with E-state index in [1.807, 2.05) is 0 Å². The molecule has 0 fully saturated rings. The Hall–Kier alpha value is -0.760. The Balaban J connectivity index is 2.92. The molecule has 2 heterocycles. The summed E-state index contributed by atoms with van der Waals surface area (Å²) < 4.78 is 0. The van der Waals surface area contributed by atoms with Gasteiger partial charge >= 0.3 is 0 Å². The van der Waals surface area contributed by atoms with Gasteiger partial charge < -0.3 is 4.98 Å². The van der Waals surface area contributed by atoms with Crippen molar-refractivity contribution in [2.24, 2.45) is 0 Å². The van der Waals surface area contributed by atoms with Crippen LogP contribution in [-0.2, 0) is 0 Å². The smallest absolute Gasteiger partial charge is 0.0564 e. The molecule has 1 N–H and O–H groups in total. The highest BCUT2D eigenvalue weighted by Crippen LogP contribution is 2.18. The second-order valence-corrected chi connectivity index (χ2v) is 2.94. The minimum atomic E-state index is 1.24. The van der Waals surface area contributed by atoms with Crippen LogP contribution in [0.5, 0.6) is 0 Å². The molecule has 2 heteroatoms. The maximum absolute atomic E-state index is 3.25. The maximum atomic E-state index is 3.25. The zero-order valence-electron chi connectivity index (χ0n) is 5.14. The van der Waals surface area contributed by atoms with Gasteiger partial charge in [0.25, 0.3) is 0 Å². The van der Waals surface area contributed by atoms with Crippen molar-refractivity contribution in [2.45, 2.75) is 6.92 Å². The third kappa shape index (κ3) is 0.669. The lowest BCUT2D eigenvalue weighted by atomic mass is 10.4. The molecule has 0 aliphatic heterocycles. The predicted molar refractivity (Wildman–Crippen MR) is 40.9 cm³/mol. The number of nitrogens with one attached hydrogen (secondary N) is 1. The fourth-order valence-electron chi connectivity index (χ4n) is 1.00. The minimum absolute atomic E-state index is 1.24. The molecule has 0 unspecified atom stereocenters. The SMILES string of the molecule is Cc1cc2cscc2[nH]1. The first-order valence-electron chi connectivity index (χ1n) is 2.88. The molecule has 0 aromatic carbocycles. The van der Waals surface area contributed by atoms with E-state index in [1.165, 1.54) is 16.6 Å². The van der Waals surface area contributed by atoms with E-state index in [0.717, 1.165) is 0 Å². The van der Waals surface area contributed by atoms with Crippen LogP contribution in [0.1, 0.15) is 5.69 Å². The second-order valence-electron chi connectivity index (χ2n) is 2.19. The Morgan fingerprint density at radius 1 is 1.44 bits per heavy atom. The summed E-state index contributed by atoms with van der Waals surface area (Å²) in [5, 5.41) is 5.61. The van der Waals surface area contributed by atoms with Crippen LogP contribution >= 0.6 is 11.3 Å². The van der Waals surface area contributed by atoms with Crippen LogP contribution in [0.3, 0.4) is 0 Å². The molecule has 0 atom stereocenters. The van der Waals surface area contributed by atoms with Crippen LogP contribution in [0, 0.1) is 6.92 Å². The van der Waals surface area contributed by atoms with Crippen molar-refractivity contribution in [1.82, 2.24) is 4.98 Å². The number of H-pyrrole nitrogens is 1. The van der Waals surface area contributed by atoms with E-state index in [2.05, 4.69) is 28.7 Å². The van der Waals surface area contributed by atoms with Gasteiger partial charge in [0.15, 0.2) is 0 Å². The van der Waals surface area contributed by atoms with Crippen LogP contribution in [-0.4, -0.2) is 4.98 Å². The Kier molecular flexibility index (Phi) is 0.904. The molecule has 2 aromatic heterocycles. The van der Waals surface area contributed by atoms with Gasteiger partial charge in [-0.3, -0.25) is 0 Å². The lowest BCUT2D eigenvalue weighted by molar-refractivity contribution is 1.30. The van der Waals surface area contributed by atoms with Gasteiger partial charge in [-0.25, -0.2) is 0 Å². The molecule has 0 saturated carbocycles. The van der Waals surface area contributed by atoms with Crippen LogP contribution in [0.2, 0.25) is 0 Å². The predicted octanol–water partition coefficient (Wildman–Crippen LogP) is 2.54. The molecule has 0 bridgehead atoms. The van der Waals surface area contributed by atoms with Gasteiger partial charge in [-0.15, -0.1) is 11.3 Å². The Morgan fingerprint density at radius 2 is 2.33 bits per heavy atom. The molecule has 2 aromatic rings. The molecule has 1 nitrogen and oxygen atoms in total.